The molecule has 0 aliphatic carbocycles. The van der Waals surface area contributed by atoms with Crippen molar-refractivity contribution in [2.24, 2.45) is 4.99 Å². The summed E-state index contributed by atoms with van der Waals surface area (Å²) in [6, 6.07) is 7.84. The number of nitrogens with zero attached hydrogens (tertiary/aromatic N) is 4. The topological polar surface area (TPSA) is 74.7 Å². The third kappa shape index (κ3) is 5.23. The number of methoxy groups -OCH3 is 1. The highest BCUT2D eigenvalue weighted by molar-refractivity contribution is 6.32. The lowest BCUT2D eigenvalue weighted by atomic mass is 10.2. The van der Waals surface area contributed by atoms with E-state index in [9.17, 15) is 0 Å². The number of aromatic nitrogens is 2. The highest BCUT2D eigenvalue weighted by Gasteiger charge is 2.25. The lowest BCUT2D eigenvalue weighted by Gasteiger charge is -2.20. The summed E-state index contributed by atoms with van der Waals surface area (Å²) in [5.41, 5.74) is 1.05. The Bertz CT molecular complexity index is 784. The molecule has 3 rings (SSSR count). The number of rotatable bonds is 6. The van der Waals surface area contributed by atoms with Gasteiger partial charge >= 0.3 is 0 Å². The van der Waals surface area contributed by atoms with Gasteiger partial charge in [-0.1, -0.05) is 11.6 Å². The second-order valence-corrected chi connectivity index (χ2v) is 6.69. The van der Waals surface area contributed by atoms with Crippen LogP contribution >= 0.6 is 11.6 Å². The number of anilines is 1. The molecule has 144 valence electrons. The Morgan fingerprint density at radius 2 is 2.26 bits per heavy atom. The van der Waals surface area contributed by atoms with Gasteiger partial charge in [-0.05, 0) is 37.1 Å². The molecule has 1 fully saturated rings. The summed E-state index contributed by atoms with van der Waals surface area (Å²) in [5, 5.41) is 7.51. The van der Waals surface area contributed by atoms with Crippen LogP contribution in [0.1, 0.15) is 18.9 Å². The number of guanidine groups is 1. The van der Waals surface area contributed by atoms with Gasteiger partial charge in [-0.15, -0.1) is 0 Å². The number of hydrogen-bond donors (Lipinski definition) is 2. The van der Waals surface area contributed by atoms with Crippen molar-refractivity contribution < 1.29 is 4.74 Å². The van der Waals surface area contributed by atoms with Crippen molar-refractivity contribution in [3.63, 3.8) is 0 Å². The van der Waals surface area contributed by atoms with E-state index in [0.29, 0.717) is 17.4 Å². The van der Waals surface area contributed by atoms with E-state index in [1.165, 1.54) is 0 Å². The van der Waals surface area contributed by atoms with Crippen LogP contribution in [0.4, 0.5) is 5.82 Å². The van der Waals surface area contributed by atoms with E-state index >= 15 is 0 Å². The van der Waals surface area contributed by atoms with Crippen molar-refractivity contribution in [3.8, 4) is 5.88 Å². The summed E-state index contributed by atoms with van der Waals surface area (Å²) in [6.07, 6.45) is 4.51. The zero-order valence-corrected chi connectivity index (χ0v) is 16.4. The van der Waals surface area contributed by atoms with E-state index in [1.807, 2.05) is 24.3 Å². The van der Waals surface area contributed by atoms with E-state index in [0.717, 1.165) is 43.4 Å². The summed E-state index contributed by atoms with van der Waals surface area (Å²) >= 11 is 6.27. The van der Waals surface area contributed by atoms with Gasteiger partial charge in [-0.3, -0.25) is 0 Å². The minimum atomic E-state index is 0.285. The molecule has 1 atom stereocenters. The average molecular weight is 389 g/mol. The first kappa shape index (κ1) is 19.2. The highest BCUT2D eigenvalue weighted by atomic mass is 35.5. The molecule has 0 radical (unpaired) electrons. The predicted octanol–water partition coefficient (Wildman–Crippen LogP) is 2.47. The van der Waals surface area contributed by atoms with Crippen LogP contribution < -0.4 is 20.3 Å². The van der Waals surface area contributed by atoms with Crippen LogP contribution in [0.25, 0.3) is 0 Å². The van der Waals surface area contributed by atoms with Gasteiger partial charge in [0.15, 0.2) is 5.96 Å². The van der Waals surface area contributed by atoms with E-state index < -0.39 is 0 Å². The Labute approximate surface area is 164 Å². The zero-order valence-electron chi connectivity index (χ0n) is 15.7. The molecule has 1 aliphatic rings. The Balaban J connectivity index is 1.61. The molecule has 2 aromatic rings. The second-order valence-electron chi connectivity index (χ2n) is 6.29. The first-order chi connectivity index (χ1) is 13.2. The maximum absolute atomic E-state index is 6.27. The summed E-state index contributed by atoms with van der Waals surface area (Å²) in [6.45, 7) is 5.16. The van der Waals surface area contributed by atoms with E-state index in [-0.39, 0.29) is 6.04 Å². The lowest BCUT2D eigenvalue weighted by Crippen LogP contribution is -2.44. The normalized spacial score (nSPS) is 17.1. The maximum atomic E-state index is 6.27. The van der Waals surface area contributed by atoms with Crippen molar-refractivity contribution >= 4 is 23.4 Å². The monoisotopic (exact) mass is 388 g/mol. The van der Waals surface area contributed by atoms with Gasteiger partial charge < -0.3 is 20.3 Å². The Kier molecular flexibility index (Phi) is 6.70. The van der Waals surface area contributed by atoms with Crippen LogP contribution in [0, 0.1) is 0 Å². The molecule has 8 heteroatoms. The van der Waals surface area contributed by atoms with E-state index in [4.69, 9.17) is 16.3 Å². The van der Waals surface area contributed by atoms with Gasteiger partial charge in [-0.2, -0.15) is 0 Å². The number of ether oxygens (including phenoxy) is 1. The molecule has 0 saturated carbocycles. The van der Waals surface area contributed by atoms with Gasteiger partial charge in [0, 0.05) is 44.1 Å². The van der Waals surface area contributed by atoms with Crippen molar-refractivity contribution in [1.29, 1.82) is 0 Å². The summed E-state index contributed by atoms with van der Waals surface area (Å²) in [5.74, 6) is 2.24. The molecular weight excluding hydrogens is 364 g/mol. The fourth-order valence-corrected chi connectivity index (χ4v) is 3.27. The molecule has 0 aromatic carbocycles. The van der Waals surface area contributed by atoms with Gasteiger partial charge in [0.25, 0.3) is 0 Å². The Hall–Kier alpha value is -2.54. The third-order valence-corrected chi connectivity index (χ3v) is 4.64. The molecule has 1 unspecified atom stereocenters. The standard InChI is InChI=1S/C19H25ClN6O/c1-3-21-19(24-12-14-6-9-22-17(11-14)27-2)25-15-7-10-26(13-15)18-16(20)5-4-8-23-18/h4-6,8-9,11,15H,3,7,10,12-13H2,1-2H3,(H2,21,24,25). The molecular formula is C19H25ClN6O. The number of nitrogens with one attached hydrogen (secondary N) is 2. The van der Waals surface area contributed by atoms with Gasteiger partial charge in [0.05, 0.1) is 18.7 Å². The number of aliphatic imine (C=N–C) groups is 1. The highest BCUT2D eigenvalue weighted by Crippen LogP contribution is 2.25. The number of hydrogen-bond acceptors (Lipinski definition) is 5. The molecule has 27 heavy (non-hydrogen) atoms. The van der Waals surface area contributed by atoms with Crippen LogP contribution in [0.5, 0.6) is 5.88 Å². The zero-order chi connectivity index (χ0) is 19.1. The average Bonchev–Trinajstić information content (AvgIpc) is 3.15. The molecule has 0 amide bonds. The lowest BCUT2D eigenvalue weighted by molar-refractivity contribution is 0.397. The third-order valence-electron chi connectivity index (χ3n) is 4.34. The first-order valence-electron chi connectivity index (χ1n) is 9.08. The van der Waals surface area contributed by atoms with Crippen molar-refractivity contribution in [1.82, 2.24) is 20.6 Å². The minimum Gasteiger partial charge on any atom is -0.481 e. The molecule has 1 aliphatic heterocycles. The summed E-state index contributed by atoms with van der Waals surface area (Å²) in [4.78, 5) is 15.4. The number of pyridine rings is 2. The summed E-state index contributed by atoms with van der Waals surface area (Å²) in [7, 11) is 1.61. The molecule has 3 heterocycles. The van der Waals surface area contributed by atoms with Gasteiger partial charge in [-0.25, -0.2) is 15.0 Å². The van der Waals surface area contributed by atoms with Crippen LogP contribution in [-0.2, 0) is 6.54 Å². The maximum Gasteiger partial charge on any atom is 0.213 e. The van der Waals surface area contributed by atoms with Crippen LogP contribution in [0.3, 0.4) is 0 Å². The Morgan fingerprint density at radius 3 is 3.04 bits per heavy atom. The van der Waals surface area contributed by atoms with E-state index in [2.05, 4.69) is 37.4 Å². The van der Waals surface area contributed by atoms with Crippen LogP contribution in [0.2, 0.25) is 5.02 Å². The quantitative estimate of drug-likeness (QED) is 0.585. The molecule has 2 N–H and O–H groups in total. The SMILES string of the molecule is CCNC(=NCc1ccnc(OC)c1)NC1CCN(c2ncccc2Cl)C1. The molecule has 0 spiro atoms. The fourth-order valence-electron chi connectivity index (χ4n) is 3.02. The molecule has 0 bridgehead atoms. The van der Waals surface area contributed by atoms with Crippen LogP contribution in [0.15, 0.2) is 41.7 Å². The molecule has 7 nitrogen and oxygen atoms in total. The fraction of sp³-hybridized carbons (Fsp3) is 0.421. The van der Waals surface area contributed by atoms with Gasteiger partial charge in [0.1, 0.15) is 5.82 Å². The minimum absolute atomic E-state index is 0.285. The van der Waals surface area contributed by atoms with Crippen molar-refractivity contribution in [3.05, 3.63) is 47.2 Å². The van der Waals surface area contributed by atoms with Crippen molar-refractivity contribution in [2.45, 2.75) is 25.9 Å². The number of halogens is 1. The van der Waals surface area contributed by atoms with Crippen molar-refractivity contribution in [2.75, 3.05) is 31.6 Å². The predicted molar refractivity (Wildman–Crippen MR) is 109 cm³/mol. The molecule has 1 saturated heterocycles. The largest absolute Gasteiger partial charge is 0.481 e. The van der Waals surface area contributed by atoms with Crippen LogP contribution in [-0.4, -0.2) is 48.7 Å². The second kappa shape index (κ2) is 9.41. The van der Waals surface area contributed by atoms with Gasteiger partial charge in [0.2, 0.25) is 5.88 Å². The Morgan fingerprint density at radius 1 is 1.37 bits per heavy atom. The van der Waals surface area contributed by atoms with E-state index in [1.54, 1.807) is 19.5 Å². The molecule has 2 aromatic heterocycles. The summed E-state index contributed by atoms with van der Waals surface area (Å²) < 4.78 is 5.17. The first-order valence-corrected chi connectivity index (χ1v) is 9.46. The smallest absolute Gasteiger partial charge is 0.213 e.